The van der Waals surface area contributed by atoms with Gasteiger partial charge in [0.1, 0.15) is 5.60 Å². The molecule has 0 aliphatic carbocycles. The molecule has 138 valence electrons. The SMILES string of the molecule is Cc1cccc(CC2(O)CC3CCC(C2)N3C(=O)OC(C)(C)C)c1C. The zero-order chi connectivity index (χ0) is 18.4. The molecular formula is C21H31NO3. The van der Waals surface area contributed by atoms with E-state index in [-0.39, 0.29) is 18.2 Å². The van der Waals surface area contributed by atoms with Gasteiger partial charge in [-0.05, 0) is 77.0 Å². The first kappa shape index (κ1) is 18.2. The highest BCUT2D eigenvalue weighted by Crippen LogP contribution is 2.43. The zero-order valence-electron chi connectivity index (χ0n) is 16.1. The molecule has 2 atom stereocenters. The van der Waals surface area contributed by atoms with Crippen molar-refractivity contribution in [3.05, 3.63) is 34.9 Å². The predicted octanol–water partition coefficient (Wildman–Crippen LogP) is 4.14. The molecule has 0 aromatic heterocycles. The van der Waals surface area contributed by atoms with Crippen LogP contribution in [-0.4, -0.2) is 39.4 Å². The second-order valence-electron chi connectivity index (χ2n) is 8.94. The van der Waals surface area contributed by atoms with Gasteiger partial charge >= 0.3 is 6.09 Å². The smallest absolute Gasteiger partial charge is 0.410 e. The van der Waals surface area contributed by atoms with E-state index < -0.39 is 11.2 Å². The third-order valence-electron chi connectivity index (χ3n) is 5.69. The number of hydrogen-bond donors (Lipinski definition) is 1. The van der Waals surface area contributed by atoms with Crippen LogP contribution in [0.5, 0.6) is 0 Å². The topological polar surface area (TPSA) is 49.8 Å². The summed E-state index contributed by atoms with van der Waals surface area (Å²) in [5, 5.41) is 11.3. The average Bonchev–Trinajstić information content (AvgIpc) is 2.75. The molecule has 2 fully saturated rings. The largest absolute Gasteiger partial charge is 0.444 e. The van der Waals surface area contributed by atoms with E-state index in [1.807, 2.05) is 25.7 Å². The van der Waals surface area contributed by atoms with Crippen LogP contribution >= 0.6 is 0 Å². The summed E-state index contributed by atoms with van der Waals surface area (Å²) in [5.74, 6) is 0. The minimum absolute atomic E-state index is 0.0868. The van der Waals surface area contributed by atoms with Crippen molar-refractivity contribution in [2.24, 2.45) is 0 Å². The van der Waals surface area contributed by atoms with Crippen molar-refractivity contribution in [1.82, 2.24) is 4.90 Å². The molecule has 1 N–H and O–H groups in total. The standard InChI is InChI=1S/C21H31NO3/c1-14-7-6-8-16(15(14)2)11-21(24)12-17-9-10-18(13-21)22(17)19(23)25-20(3,4)5/h6-8,17-18,24H,9-13H2,1-5H3. The number of ether oxygens (including phenoxy) is 1. The molecule has 0 spiro atoms. The summed E-state index contributed by atoms with van der Waals surface area (Å²) < 4.78 is 5.58. The Hall–Kier alpha value is -1.55. The van der Waals surface area contributed by atoms with Gasteiger partial charge in [0.2, 0.25) is 0 Å². The van der Waals surface area contributed by atoms with Crippen molar-refractivity contribution in [3.63, 3.8) is 0 Å². The van der Waals surface area contributed by atoms with Crippen LogP contribution in [0.1, 0.15) is 63.1 Å². The fourth-order valence-electron chi connectivity index (χ4n) is 4.44. The number of carbonyl (C=O) groups excluding carboxylic acids is 1. The number of hydrogen-bond acceptors (Lipinski definition) is 3. The van der Waals surface area contributed by atoms with E-state index in [1.165, 1.54) is 16.7 Å². The van der Waals surface area contributed by atoms with Crippen LogP contribution in [0.15, 0.2) is 18.2 Å². The van der Waals surface area contributed by atoms with Crippen LogP contribution in [0.2, 0.25) is 0 Å². The lowest BCUT2D eigenvalue weighted by Gasteiger charge is -2.44. The Kier molecular flexibility index (Phi) is 4.61. The number of piperidine rings is 1. The number of amides is 1. The first-order valence-corrected chi connectivity index (χ1v) is 9.37. The number of nitrogens with zero attached hydrogens (tertiary/aromatic N) is 1. The Morgan fingerprint density at radius 3 is 2.40 bits per heavy atom. The highest BCUT2D eigenvalue weighted by atomic mass is 16.6. The van der Waals surface area contributed by atoms with Crippen molar-refractivity contribution < 1.29 is 14.6 Å². The Morgan fingerprint density at radius 1 is 1.24 bits per heavy atom. The molecule has 2 heterocycles. The Bertz CT molecular complexity index is 648. The van der Waals surface area contributed by atoms with Gasteiger partial charge in [-0.15, -0.1) is 0 Å². The number of rotatable bonds is 2. The second-order valence-corrected chi connectivity index (χ2v) is 8.94. The van der Waals surface area contributed by atoms with Crippen LogP contribution in [0.3, 0.4) is 0 Å². The molecule has 2 aliphatic heterocycles. The van der Waals surface area contributed by atoms with Crippen LogP contribution in [-0.2, 0) is 11.2 Å². The molecule has 4 heteroatoms. The molecule has 0 radical (unpaired) electrons. The highest BCUT2D eigenvalue weighted by Gasteiger charge is 2.50. The maximum atomic E-state index is 12.6. The molecular weight excluding hydrogens is 314 g/mol. The minimum Gasteiger partial charge on any atom is -0.444 e. The summed E-state index contributed by atoms with van der Waals surface area (Å²) in [6.45, 7) is 9.92. The second kappa shape index (κ2) is 6.31. The van der Waals surface area contributed by atoms with Crippen molar-refractivity contribution in [2.45, 2.75) is 90.0 Å². The van der Waals surface area contributed by atoms with E-state index in [0.717, 1.165) is 12.8 Å². The molecule has 3 rings (SSSR count). The van der Waals surface area contributed by atoms with Gasteiger partial charge in [0.25, 0.3) is 0 Å². The number of fused-ring (bicyclic) bond motifs is 2. The molecule has 2 unspecified atom stereocenters. The highest BCUT2D eigenvalue weighted by molar-refractivity contribution is 5.69. The minimum atomic E-state index is -0.733. The Labute approximate surface area is 151 Å². The van der Waals surface area contributed by atoms with Gasteiger partial charge in [-0.1, -0.05) is 18.2 Å². The summed E-state index contributed by atoms with van der Waals surface area (Å²) in [6, 6.07) is 6.46. The van der Waals surface area contributed by atoms with E-state index in [2.05, 4.69) is 32.0 Å². The van der Waals surface area contributed by atoms with Gasteiger partial charge in [-0.2, -0.15) is 0 Å². The molecule has 2 saturated heterocycles. The number of carbonyl (C=O) groups is 1. The van der Waals surface area contributed by atoms with Gasteiger partial charge in [0.15, 0.2) is 0 Å². The van der Waals surface area contributed by atoms with Gasteiger partial charge in [0.05, 0.1) is 5.60 Å². The van der Waals surface area contributed by atoms with Crippen molar-refractivity contribution in [2.75, 3.05) is 0 Å². The molecule has 1 amide bonds. The van der Waals surface area contributed by atoms with Crippen molar-refractivity contribution in [3.8, 4) is 0 Å². The maximum Gasteiger partial charge on any atom is 0.410 e. The lowest BCUT2D eigenvalue weighted by Crippen LogP contribution is -2.55. The normalized spacial score (nSPS) is 29.0. The quantitative estimate of drug-likeness (QED) is 0.876. The molecule has 0 saturated carbocycles. The third kappa shape index (κ3) is 3.84. The molecule has 25 heavy (non-hydrogen) atoms. The van der Waals surface area contributed by atoms with E-state index in [4.69, 9.17) is 4.74 Å². The summed E-state index contributed by atoms with van der Waals surface area (Å²) in [7, 11) is 0. The lowest BCUT2D eigenvalue weighted by atomic mass is 9.80. The zero-order valence-corrected chi connectivity index (χ0v) is 16.1. The third-order valence-corrected chi connectivity index (χ3v) is 5.69. The lowest BCUT2D eigenvalue weighted by molar-refractivity contribution is -0.0580. The number of aliphatic hydroxyl groups is 1. The van der Waals surface area contributed by atoms with Gasteiger partial charge in [-0.3, -0.25) is 0 Å². The van der Waals surface area contributed by atoms with Crippen LogP contribution in [0.25, 0.3) is 0 Å². The molecule has 2 aliphatic rings. The number of benzene rings is 1. The fraction of sp³-hybridized carbons (Fsp3) is 0.667. The summed E-state index contributed by atoms with van der Waals surface area (Å²) in [6.07, 6.45) is 3.62. The monoisotopic (exact) mass is 345 g/mol. The molecule has 1 aromatic carbocycles. The average molecular weight is 345 g/mol. The summed E-state index contributed by atoms with van der Waals surface area (Å²) in [4.78, 5) is 14.5. The molecule has 1 aromatic rings. The van der Waals surface area contributed by atoms with Crippen LogP contribution in [0.4, 0.5) is 4.79 Å². The molecule has 2 bridgehead atoms. The number of aryl methyl sites for hydroxylation is 1. The van der Waals surface area contributed by atoms with Gasteiger partial charge < -0.3 is 14.7 Å². The Balaban J connectivity index is 1.74. The van der Waals surface area contributed by atoms with Crippen LogP contribution in [0, 0.1) is 13.8 Å². The van der Waals surface area contributed by atoms with Gasteiger partial charge in [-0.25, -0.2) is 4.79 Å². The van der Waals surface area contributed by atoms with E-state index in [9.17, 15) is 9.90 Å². The van der Waals surface area contributed by atoms with Crippen molar-refractivity contribution in [1.29, 1.82) is 0 Å². The van der Waals surface area contributed by atoms with Crippen molar-refractivity contribution >= 4 is 6.09 Å². The van der Waals surface area contributed by atoms with Gasteiger partial charge in [0, 0.05) is 18.5 Å². The van der Waals surface area contributed by atoms with E-state index in [0.29, 0.717) is 19.3 Å². The van der Waals surface area contributed by atoms with Crippen LogP contribution < -0.4 is 0 Å². The maximum absolute atomic E-state index is 12.6. The summed E-state index contributed by atoms with van der Waals surface area (Å²) >= 11 is 0. The Morgan fingerprint density at radius 2 is 1.84 bits per heavy atom. The first-order chi connectivity index (χ1) is 11.6. The first-order valence-electron chi connectivity index (χ1n) is 9.37. The predicted molar refractivity (Wildman–Crippen MR) is 98.7 cm³/mol. The molecule has 4 nitrogen and oxygen atoms in total. The summed E-state index contributed by atoms with van der Waals surface area (Å²) in [5.41, 5.74) is 2.52. The fourth-order valence-corrected chi connectivity index (χ4v) is 4.44. The van der Waals surface area contributed by atoms with E-state index >= 15 is 0 Å². The van der Waals surface area contributed by atoms with E-state index in [1.54, 1.807) is 0 Å².